The predicted octanol–water partition coefficient (Wildman–Crippen LogP) is 34.7. The van der Waals surface area contributed by atoms with Crippen LogP contribution in [-0.2, 0) is 65.5 Å². The minimum atomic E-state index is -1.85. The van der Waals surface area contributed by atoms with Gasteiger partial charge in [-0.2, -0.15) is 0 Å². The maximum absolute atomic E-state index is 10.7. The lowest BCUT2D eigenvalue weighted by atomic mass is 9.33. The zero-order valence-corrected chi connectivity index (χ0v) is 86.8. The van der Waals surface area contributed by atoms with Crippen LogP contribution in [0.15, 0.2) is 243 Å². The maximum Gasteiger partial charge on any atom is 0.252 e. The lowest BCUT2D eigenvalue weighted by molar-refractivity contribution is 0.411. The molecule has 4 nitrogen and oxygen atoms in total. The van der Waals surface area contributed by atoms with E-state index in [1.807, 2.05) is 0 Å². The van der Waals surface area contributed by atoms with E-state index in [0.29, 0.717) is 11.1 Å². The smallest absolute Gasteiger partial charge is 0.252 e. The lowest BCUT2D eigenvalue weighted by Gasteiger charge is -2.46. The molecule has 2 aromatic heterocycles. The minimum absolute atomic E-state index is 0.0465. The first-order chi connectivity index (χ1) is 63.3. The minimum Gasteiger partial charge on any atom is -0.310 e. The standard InChI is InChI=1S/C128H151BN4/c1-118(2,3)74-80-46-54-107-101(58-80)102-59-81(75-119(4,5)6)47-55-108(102)130(107)95-50-52-105-111(72-95)132(116-97(86-38-34-42-90(66-86)124(19,20)21)62-84(78-122(13,14)15)63-98(116)87-39-35-43-91(67-87)125(22,23)24)113-70-94(128(31,32)33)71-114-115(113)129(105)106-53-51-96(131-109-56-48-82(76-120(7,8)9)60-103(109)104-61-83(49-57-110(104)131)77-121(10,11)12)73-112(106)133(114)117-99(88-40-36-44-92(68-88)126(25,26)27)64-85(79-123(16,17)18)65-100(117)89-41-37-45-93(69-89)127(28,29)30/h34-73H,74-79H2,1-33H3/i78D2,79D2. The second-order valence-electron chi connectivity index (χ2n) is 51.7. The second kappa shape index (κ2) is 33.0. The zero-order chi connectivity index (χ0) is 99.4. The van der Waals surface area contributed by atoms with Gasteiger partial charge in [-0.3, -0.25) is 0 Å². The van der Waals surface area contributed by atoms with Crippen LogP contribution < -0.4 is 26.2 Å². The normalized spacial score (nSPS) is 14.5. The number of nitrogens with zero attached hydrogens (tertiary/aromatic N) is 4. The molecule has 2 aliphatic heterocycles. The van der Waals surface area contributed by atoms with Crippen molar-refractivity contribution in [2.24, 2.45) is 32.5 Å². The molecule has 13 aromatic carbocycles. The molecular formula is C128H151BN4. The van der Waals surface area contributed by atoms with E-state index in [2.05, 4.69) is 490 Å². The molecule has 0 bridgehead atoms. The zero-order valence-electron chi connectivity index (χ0n) is 90.8. The number of benzene rings is 13. The van der Waals surface area contributed by atoms with E-state index < -0.39 is 35.7 Å². The molecule has 133 heavy (non-hydrogen) atoms. The van der Waals surface area contributed by atoms with Crippen LogP contribution in [0.4, 0.5) is 34.1 Å². The van der Waals surface area contributed by atoms with Gasteiger partial charge in [0.1, 0.15) is 0 Å². The summed E-state index contributed by atoms with van der Waals surface area (Å²) < 4.78 is 48.1. The van der Waals surface area contributed by atoms with Gasteiger partial charge in [0, 0.05) is 83.4 Å². The van der Waals surface area contributed by atoms with Crippen molar-refractivity contribution >= 4 is 101 Å². The van der Waals surface area contributed by atoms with E-state index in [1.165, 1.54) is 66.1 Å². The van der Waals surface area contributed by atoms with E-state index >= 15 is 0 Å². The Hall–Kier alpha value is -10.9. The number of anilines is 6. The van der Waals surface area contributed by atoms with E-state index in [0.717, 1.165) is 160 Å². The van der Waals surface area contributed by atoms with Crippen LogP contribution in [0.5, 0.6) is 0 Å². The highest BCUT2D eigenvalue weighted by Gasteiger charge is 2.47. The molecule has 0 aliphatic carbocycles. The van der Waals surface area contributed by atoms with Crippen LogP contribution in [-0.4, -0.2) is 15.8 Å². The molecule has 0 N–H and O–H groups in total. The van der Waals surface area contributed by atoms with E-state index in [-0.39, 0.29) is 43.3 Å². The third-order valence-corrected chi connectivity index (χ3v) is 27.0. The molecule has 4 heterocycles. The first-order valence-corrected chi connectivity index (χ1v) is 49.3. The van der Waals surface area contributed by atoms with Crippen molar-refractivity contribution in [1.29, 1.82) is 0 Å². The summed E-state index contributed by atoms with van der Waals surface area (Å²) in [6, 6.07) is 94.9. The van der Waals surface area contributed by atoms with Crippen LogP contribution >= 0.6 is 0 Å². The Bertz CT molecular complexity index is 6570. The van der Waals surface area contributed by atoms with E-state index in [1.54, 1.807) is 0 Å². The molecule has 0 atom stereocenters. The average molecular weight is 1760 g/mol. The Labute approximate surface area is 806 Å². The SMILES string of the molecule is [2H]C([2H])(c1cc(-c2cccc(C(C)(C)C)c2)c(N2c3cc(-n4c5ccc(CC(C)(C)C)cc5c5cc(CC(C)(C)C)ccc54)ccc3B3c4ccc(-n5c6ccc(CC(C)(C)C)cc6c6cc(CC(C)(C)C)ccc65)cc4N(c4c(-c5cccc(C(C)(C)C)c5)cc(C([2H])([2H])C(C)(C)C)cc4-c4cccc(C(C)(C)C)c4)c4cc(C(C)(C)C)cc2c43)c(-c2cccc(C(C)(C)C)c2)c1)C(C)(C)C. The average Bonchev–Trinajstić information content (AvgIpc) is 0.953. The van der Waals surface area contributed by atoms with Gasteiger partial charge in [0.05, 0.1) is 33.4 Å². The van der Waals surface area contributed by atoms with Gasteiger partial charge in [0.2, 0.25) is 0 Å². The van der Waals surface area contributed by atoms with Gasteiger partial charge >= 0.3 is 0 Å². The molecule has 0 radical (unpaired) electrons. The number of hydrogen-bond donors (Lipinski definition) is 0. The Morgan fingerprint density at radius 2 is 0.489 bits per heavy atom. The summed E-state index contributed by atoms with van der Waals surface area (Å²) in [7, 11) is 0. The summed E-state index contributed by atoms with van der Waals surface area (Å²) in [6.45, 7) is 74.9. The van der Waals surface area contributed by atoms with Gasteiger partial charge in [-0.1, -0.05) is 362 Å². The quantitative estimate of drug-likeness (QED) is 0.101. The van der Waals surface area contributed by atoms with Crippen LogP contribution in [0.3, 0.4) is 0 Å². The number of fused-ring (bicyclic) bond motifs is 10. The second-order valence-corrected chi connectivity index (χ2v) is 51.7. The van der Waals surface area contributed by atoms with Crippen molar-refractivity contribution in [2.75, 3.05) is 9.80 Å². The van der Waals surface area contributed by atoms with E-state index in [9.17, 15) is 5.48 Å². The molecule has 0 unspecified atom stereocenters. The summed E-state index contributed by atoms with van der Waals surface area (Å²) in [4.78, 5) is 5.38. The molecule has 686 valence electrons. The molecule has 5 heteroatoms. The molecule has 0 amide bonds. The van der Waals surface area contributed by atoms with Crippen molar-refractivity contribution < 1.29 is 5.48 Å². The fourth-order valence-electron chi connectivity index (χ4n) is 21.1. The molecule has 2 aliphatic rings. The van der Waals surface area contributed by atoms with Gasteiger partial charge in [0.15, 0.2) is 0 Å². The first-order valence-electron chi connectivity index (χ1n) is 51.3. The number of hydrogen-bond acceptors (Lipinski definition) is 2. The third-order valence-electron chi connectivity index (χ3n) is 27.0. The van der Waals surface area contributed by atoms with Crippen LogP contribution in [0.25, 0.3) is 99.5 Å². The molecule has 0 saturated carbocycles. The topological polar surface area (TPSA) is 16.3 Å². The Kier molecular flexibility index (Phi) is 22.0. The summed E-state index contributed by atoms with van der Waals surface area (Å²) in [6.07, 6.45) is 0.0112. The highest BCUT2D eigenvalue weighted by Crippen LogP contribution is 2.57. The predicted molar refractivity (Wildman–Crippen MR) is 583 cm³/mol. The fraction of sp³-hybridized carbons (Fsp3) is 0.391. The lowest BCUT2D eigenvalue weighted by Crippen LogP contribution is -2.61. The van der Waals surface area contributed by atoms with Crippen LogP contribution in [0, 0.1) is 32.5 Å². The van der Waals surface area contributed by atoms with Crippen molar-refractivity contribution in [3.8, 4) is 55.9 Å². The highest BCUT2D eigenvalue weighted by atomic mass is 15.2. The first kappa shape index (κ1) is 88.7. The van der Waals surface area contributed by atoms with Crippen molar-refractivity contribution in [1.82, 2.24) is 9.13 Å². The third kappa shape index (κ3) is 19.2. The largest absolute Gasteiger partial charge is 0.310 e. The molecule has 17 rings (SSSR count). The van der Waals surface area contributed by atoms with E-state index in [4.69, 9.17) is 0 Å². The Balaban J connectivity index is 1.12. The maximum atomic E-state index is 10.7. The number of rotatable bonds is 14. The van der Waals surface area contributed by atoms with Crippen molar-refractivity contribution in [3.63, 3.8) is 0 Å². The van der Waals surface area contributed by atoms with Gasteiger partial charge < -0.3 is 18.9 Å². The summed E-state index contributed by atoms with van der Waals surface area (Å²) in [5.41, 5.74) is 32.8. The molecule has 0 fully saturated rings. The Morgan fingerprint density at radius 1 is 0.233 bits per heavy atom. The monoisotopic (exact) mass is 1760 g/mol. The number of aromatic nitrogens is 2. The molecule has 0 spiro atoms. The molecule has 15 aromatic rings. The fourth-order valence-corrected chi connectivity index (χ4v) is 21.1. The summed E-state index contributed by atoms with van der Waals surface area (Å²) in [5.74, 6) is 0. The molecular weight excluding hydrogens is 1600 g/mol. The van der Waals surface area contributed by atoms with Crippen LogP contribution in [0.2, 0.25) is 0 Å². The van der Waals surface area contributed by atoms with Gasteiger partial charge in [0.25, 0.3) is 6.71 Å². The van der Waals surface area contributed by atoms with Crippen molar-refractivity contribution in [3.05, 3.63) is 304 Å². The Morgan fingerprint density at radius 3 is 0.722 bits per heavy atom. The van der Waals surface area contributed by atoms with Gasteiger partial charge in [-0.05, 0) is 307 Å². The summed E-state index contributed by atoms with van der Waals surface area (Å²) >= 11 is 0. The summed E-state index contributed by atoms with van der Waals surface area (Å²) in [5, 5.41) is 4.93. The van der Waals surface area contributed by atoms with Gasteiger partial charge in [-0.15, -0.1) is 0 Å². The van der Waals surface area contributed by atoms with Gasteiger partial charge in [-0.25, -0.2) is 0 Å². The van der Waals surface area contributed by atoms with Crippen molar-refractivity contribution in [2.45, 2.75) is 294 Å². The molecule has 0 saturated heterocycles. The van der Waals surface area contributed by atoms with Crippen LogP contribution in [0.1, 0.15) is 295 Å². The highest BCUT2D eigenvalue weighted by molar-refractivity contribution is 7.00.